The highest BCUT2D eigenvalue weighted by molar-refractivity contribution is 8.10. The first-order chi connectivity index (χ1) is 8.01. The van der Waals surface area contributed by atoms with Gasteiger partial charge in [-0.15, -0.1) is 0 Å². The van der Waals surface area contributed by atoms with Crippen molar-refractivity contribution >= 4 is 14.9 Å². The van der Waals surface area contributed by atoms with Gasteiger partial charge >= 0.3 is 0 Å². The molecular formula is C10H10N2O4S. The number of phenols is 1. The molecule has 1 aliphatic heterocycles. The summed E-state index contributed by atoms with van der Waals surface area (Å²) >= 11 is 0. The molecule has 17 heavy (non-hydrogen) atoms. The van der Waals surface area contributed by atoms with Gasteiger partial charge in [0.25, 0.3) is 0 Å². The molecule has 90 valence electrons. The molecule has 0 fully saturated rings. The van der Waals surface area contributed by atoms with Gasteiger partial charge in [0.2, 0.25) is 9.84 Å². The highest BCUT2D eigenvalue weighted by atomic mass is 32.2. The number of nitrogens with two attached hydrogens (primary N) is 1. The lowest BCUT2D eigenvalue weighted by atomic mass is 10.3. The first-order valence-electron chi connectivity index (χ1n) is 4.70. The molecule has 2 rings (SSSR count). The van der Waals surface area contributed by atoms with Crippen molar-refractivity contribution in [1.29, 1.82) is 0 Å². The molecule has 0 spiro atoms. The van der Waals surface area contributed by atoms with Gasteiger partial charge in [-0.3, -0.25) is 0 Å². The monoisotopic (exact) mass is 254 g/mol. The number of phenolic OH excluding ortho intramolecular Hbond substituents is 1. The third-order valence-corrected chi connectivity index (χ3v) is 3.74. The Balaban J connectivity index is 2.10. The molecule has 0 saturated carbocycles. The summed E-state index contributed by atoms with van der Waals surface area (Å²) in [7, 11) is -3.67. The minimum atomic E-state index is -3.67. The number of sulfone groups is 1. The summed E-state index contributed by atoms with van der Waals surface area (Å²) in [6.07, 6.45) is 1.07. The van der Waals surface area contributed by atoms with Crippen LogP contribution in [-0.4, -0.2) is 25.2 Å². The van der Waals surface area contributed by atoms with Crippen LogP contribution in [0, 0.1) is 0 Å². The summed E-state index contributed by atoms with van der Waals surface area (Å²) in [5, 5.41) is 8.95. The van der Waals surface area contributed by atoms with Gasteiger partial charge in [-0.1, -0.05) is 12.1 Å². The average Bonchev–Trinajstić information content (AvgIpc) is 2.54. The number of para-hydroxylation sites is 2. The van der Waals surface area contributed by atoms with Gasteiger partial charge in [0.1, 0.15) is 6.61 Å². The lowest BCUT2D eigenvalue weighted by Crippen LogP contribution is -2.23. The van der Waals surface area contributed by atoms with E-state index in [1.165, 1.54) is 12.1 Å². The number of ether oxygens (including phenoxy) is 1. The number of rotatable bonds is 3. The summed E-state index contributed by atoms with van der Waals surface area (Å²) in [4.78, 5) is 3.65. The highest BCUT2D eigenvalue weighted by Gasteiger charge is 2.28. The fourth-order valence-corrected chi connectivity index (χ4v) is 2.11. The second-order valence-electron chi connectivity index (χ2n) is 3.31. The zero-order chi connectivity index (χ0) is 12.5. The Morgan fingerprint density at radius 3 is 2.65 bits per heavy atom. The van der Waals surface area contributed by atoms with Crippen molar-refractivity contribution in [2.24, 2.45) is 10.7 Å². The smallest absolute Gasteiger partial charge is 0.239 e. The fraction of sp³-hybridized carbons (Fsp3) is 0.100. The van der Waals surface area contributed by atoms with Crippen molar-refractivity contribution in [3.05, 3.63) is 35.5 Å². The van der Waals surface area contributed by atoms with Crippen LogP contribution in [0.1, 0.15) is 0 Å². The molecule has 6 nitrogen and oxygen atoms in total. The second kappa shape index (κ2) is 4.10. The molecule has 0 unspecified atom stereocenters. The highest BCUT2D eigenvalue weighted by Crippen LogP contribution is 2.25. The molecule has 1 heterocycles. The maximum atomic E-state index is 11.5. The molecule has 0 atom stereocenters. The largest absolute Gasteiger partial charge is 0.504 e. The first-order valence-corrected chi connectivity index (χ1v) is 6.18. The van der Waals surface area contributed by atoms with Crippen LogP contribution in [-0.2, 0) is 9.84 Å². The van der Waals surface area contributed by atoms with Gasteiger partial charge in [0, 0.05) is 0 Å². The van der Waals surface area contributed by atoms with E-state index in [-0.39, 0.29) is 28.2 Å². The van der Waals surface area contributed by atoms with Gasteiger partial charge < -0.3 is 15.6 Å². The van der Waals surface area contributed by atoms with E-state index in [1.807, 2.05) is 0 Å². The van der Waals surface area contributed by atoms with Crippen LogP contribution in [0.4, 0.5) is 0 Å². The minimum absolute atomic E-state index is 0.0653. The number of nitrogens with zero attached hydrogens (tertiary/aromatic N) is 1. The predicted octanol–water partition coefficient (Wildman–Crippen LogP) is 0.356. The fourth-order valence-electron chi connectivity index (χ4n) is 1.24. The summed E-state index contributed by atoms with van der Waals surface area (Å²) in [6.45, 7) is -0.267. The molecule has 1 aromatic rings. The second-order valence-corrected chi connectivity index (χ2v) is 5.26. The molecule has 0 saturated heterocycles. The third-order valence-electron chi connectivity index (χ3n) is 2.17. The molecule has 0 radical (unpaired) electrons. The van der Waals surface area contributed by atoms with Gasteiger partial charge in [-0.05, 0) is 12.1 Å². The molecule has 0 aliphatic carbocycles. The lowest BCUT2D eigenvalue weighted by molar-refractivity contribution is 0.348. The summed E-state index contributed by atoms with van der Waals surface area (Å²) < 4.78 is 28.2. The van der Waals surface area contributed by atoms with E-state index in [0.717, 1.165) is 6.20 Å². The van der Waals surface area contributed by atoms with Gasteiger partial charge in [-0.2, -0.15) is 0 Å². The van der Waals surface area contributed by atoms with Crippen molar-refractivity contribution < 1.29 is 18.3 Å². The molecule has 1 aliphatic rings. The Bertz CT molecular complexity index is 604. The minimum Gasteiger partial charge on any atom is -0.504 e. The van der Waals surface area contributed by atoms with Crippen LogP contribution in [0.3, 0.4) is 0 Å². The van der Waals surface area contributed by atoms with Crippen molar-refractivity contribution in [3.8, 4) is 11.5 Å². The number of benzene rings is 1. The van der Waals surface area contributed by atoms with E-state index in [9.17, 15) is 13.5 Å². The molecular weight excluding hydrogens is 244 g/mol. The normalized spacial score (nSPS) is 17.4. The number of hydrogen-bond donors (Lipinski definition) is 2. The van der Waals surface area contributed by atoms with E-state index < -0.39 is 9.84 Å². The van der Waals surface area contributed by atoms with Gasteiger partial charge in [0.05, 0.1) is 6.20 Å². The van der Waals surface area contributed by atoms with E-state index in [1.54, 1.807) is 12.1 Å². The van der Waals surface area contributed by atoms with E-state index in [2.05, 4.69) is 4.99 Å². The van der Waals surface area contributed by atoms with Gasteiger partial charge in [-0.25, -0.2) is 13.4 Å². The van der Waals surface area contributed by atoms with Crippen molar-refractivity contribution in [2.75, 3.05) is 6.61 Å². The van der Waals surface area contributed by atoms with Crippen molar-refractivity contribution in [1.82, 2.24) is 0 Å². The molecule has 3 N–H and O–H groups in total. The van der Waals surface area contributed by atoms with E-state index in [4.69, 9.17) is 10.5 Å². The molecule has 7 heteroatoms. The molecule has 0 aromatic heterocycles. The Labute approximate surface area is 98.0 Å². The van der Waals surface area contributed by atoms with Crippen molar-refractivity contribution in [3.63, 3.8) is 0 Å². The van der Waals surface area contributed by atoms with Crippen LogP contribution >= 0.6 is 0 Å². The molecule has 1 aromatic carbocycles. The standard InChI is InChI=1S/C10H10N2O4S/c11-9-5-12-10(17(9,14)15)6-16-8-4-2-1-3-7(8)13/h1-5,13H,6,11H2. The lowest BCUT2D eigenvalue weighted by Gasteiger charge is -2.07. The summed E-state index contributed by atoms with van der Waals surface area (Å²) in [6, 6.07) is 6.25. The van der Waals surface area contributed by atoms with Crippen LogP contribution in [0.15, 0.2) is 40.5 Å². The van der Waals surface area contributed by atoms with Crippen LogP contribution in [0.25, 0.3) is 0 Å². The van der Waals surface area contributed by atoms with Gasteiger partial charge in [0.15, 0.2) is 21.6 Å². The van der Waals surface area contributed by atoms with Crippen LogP contribution in [0.5, 0.6) is 11.5 Å². The van der Waals surface area contributed by atoms with Crippen LogP contribution < -0.4 is 10.5 Å². The van der Waals surface area contributed by atoms with Crippen molar-refractivity contribution in [2.45, 2.75) is 0 Å². The Kier molecular flexibility index (Phi) is 2.76. The maximum absolute atomic E-state index is 11.5. The van der Waals surface area contributed by atoms with Crippen LogP contribution in [0.2, 0.25) is 0 Å². The SMILES string of the molecule is NC1=CN=C(COc2ccccc2O)S1(=O)=O. The Morgan fingerprint density at radius 2 is 2.06 bits per heavy atom. The number of aliphatic imine (C=N–C) groups is 1. The molecule has 0 bridgehead atoms. The third kappa shape index (κ3) is 2.09. The Hall–Kier alpha value is -2.02. The quantitative estimate of drug-likeness (QED) is 0.810. The zero-order valence-electron chi connectivity index (χ0n) is 8.70. The molecule has 0 amide bonds. The topological polar surface area (TPSA) is 102 Å². The van der Waals surface area contributed by atoms with E-state index >= 15 is 0 Å². The Morgan fingerprint density at radius 1 is 1.35 bits per heavy atom. The summed E-state index contributed by atoms with van der Waals surface area (Å²) in [5.74, 6) is 0.125. The first kappa shape index (κ1) is 11.5. The predicted molar refractivity (Wildman–Crippen MR) is 62.2 cm³/mol. The summed E-state index contributed by atoms with van der Waals surface area (Å²) in [5.41, 5.74) is 5.26. The maximum Gasteiger partial charge on any atom is 0.239 e. The average molecular weight is 254 g/mol. The zero-order valence-corrected chi connectivity index (χ0v) is 9.52. The number of hydrogen-bond acceptors (Lipinski definition) is 6. The number of aromatic hydroxyl groups is 1. The van der Waals surface area contributed by atoms with E-state index in [0.29, 0.717) is 0 Å².